The molecule has 1 fully saturated rings. The molecule has 1 aromatic heterocycles. The normalized spacial score (nSPS) is 17.5. The molecule has 3 rings (SSSR count). The first-order valence-electron chi connectivity index (χ1n) is 8.30. The number of carbonyl (C=O) groups is 2. The van der Waals surface area contributed by atoms with E-state index in [1.165, 1.54) is 4.90 Å². The van der Waals surface area contributed by atoms with E-state index >= 15 is 0 Å². The van der Waals surface area contributed by atoms with Crippen LogP contribution in [0.4, 0.5) is 5.69 Å². The van der Waals surface area contributed by atoms with Crippen LogP contribution in [-0.4, -0.2) is 53.2 Å². The van der Waals surface area contributed by atoms with Gasteiger partial charge >= 0.3 is 0 Å². The number of hydrogen-bond acceptors (Lipinski definition) is 6. The Morgan fingerprint density at radius 3 is 2.65 bits per heavy atom. The van der Waals surface area contributed by atoms with Crippen LogP contribution in [0.2, 0.25) is 0 Å². The van der Waals surface area contributed by atoms with Gasteiger partial charge in [0.15, 0.2) is 5.69 Å². The predicted molar refractivity (Wildman–Crippen MR) is 93.0 cm³/mol. The number of anilines is 1. The van der Waals surface area contributed by atoms with Gasteiger partial charge in [0.2, 0.25) is 5.91 Å². The number of ether oxygens (including phenoxy) is 1. The second kappa shape index (κ2) is 7.17. The first-order chi connectivity index (χ1) is 12.5. The van der Waals surface area contributed by atoms with E-state index < -0.39 is 11.9 Å². The molecule has 0 radical (unpaired) electrons. The molecule has 8 heteroatoms. The number of amides is 2. The number of rotatable bonds is 4. The fourth-order valence-electron chi connectivity index (χ4n) is 3.05. The van der Waals surface area contributed by atoms with E-state index in [-0.39, 0.29) is 18.2 Å². The van der Waals surface area contributed by atoms with Crippen LogP contribution in [0.5, 0.6) is 5.75 Å². The van der Waals surface area contributed by atoms with Crippen molar-refractivity contribution in [2.75, 3.05) is 25.1 Å². The largest absolute Gasteiger partial charge is 0.497 e. The molecule has 1 saturated heterocycles. The number of nitrogens with zero attached hydrogens (tertiary/aromatic N) is 3. The third-order valence-corrected chi connectivity index (χ3v) is 4.65. The van der Waals surface area contributed by atoms with Crippen LogP contribution in [0.3, 0.4) is 0 Å². The number of aliphatic hydroxyl groups excluding tert-OH is 1. The van der Waals surface area contributed by atoms with Crippen LogP contribution in [0.15, 0.2) is 28.8 Å². The smallest absolute Gasteiger partial charge is 0.277 e. The Labute approximate surface area is 150 Å². The van der Waals surface area contributed by atoms with Crippen molar-refractivity contribution >= 4 is 17.5 Å². The number of aliphatic hydroxyl groups is 1. The first kappa shape index (κ1) is 17.9. The van der Waals surface area contributed by atoms with Crippen LogP contribution in [0.25, 0.3) is 0 Å². The molecule has 1 aliphatic heterocycles. The number of methoxy groups -OCH3 is 1. The maximum Gasteiger partial charge on any atom is 0.277 e. The lowest BCUT2D eigenvalue weighted by Crippen LogP contribution is -2.58. The van der Waals surface area contributed by atoms with Crippen molar-refractivity contribution in [1.29, 1.82) is 0 Å². The van der Waals surface area contributed by atoms with Crippen LogP contribution < -0.4 is 9.64 Å². The molecule has 2 heterocycles. The standard InChI is InChI=1S/C18H21N3O5/c1-11-17(23)21(13-4-6-14(25-3)7-5-13)9-8-20(11)18(24)16-15(10-22)12(2)26-19-16/h4-7,11,22H,8-10H2,1-3H3/t11-/m1/s1. The van der Waals surface area contributed by atoms with Crippen LogP contribution >= 0.6 is 0 Å². The lowest BCUT2D eigenvalue weighted by molar-refractivity contribution is -0.124. The highest BCUT2D eigenvalue weighted by molar-refractivity contribution is 6.03. The zero-order chi connectivity index (χ0) is 18.8. The molecular formula is C18H21N3O5. The molecular weight excluding hydrogens is 338 g/mol. The zero-order valence-electron chi connectivity index (χ0n) is 14.9. The minimum absolute atomic E-state index is 0.0579. The van der Waals surface area contributed by atoms with Gasteiger partial charge in [-0.25, -0.2) is 0 Å². The van der Waals surface area contributed by atoms with E-state index in [0.29, 0.717) is 30.2 Å². The first-order valence-corrected chi connectivity index (χ1v) is 8.30. The van der Waals surface area contributed by atoms with Gasteiger partial charge in [0.05, 0.1) is 19.3 Å². The topological polar surface area (TPSA) is 96.1 Å². The van der Waals surface area contributed by atoms with Gasteiger partial charge in [0.25, 0.3) is 5.91 Å². The van der Waals surface area contributed by atoms with Gasteiger partial charge in [-0.1, -0.05) is 5.16 Å². The van der Waals surface area contributed by atoms with Gasteiger partial charge in [0.1, 0.15) is 17.6 Å². The Bertz CT molecular complexity index is 815. The van der Waals surface area contributed by atoms with E-state index in [9.17, 15) is 14.7 Å². The molecule has 2 aromatic rings. The highest BCUT2D eigenvalue weighted by Gasteiger charge is 2.37. The Kier molecular flexibility index (Phi) is 4.94. The average molecular weight is 359 g/mol. The summed E-state index contributed by atoms with van der Waals surface area (Å²) in [6, 6.07) is 6.55. The second-order valence-corrected chi connectivity index (χ2v) is 6.09. The molecule has 1 atom stereocenters. The molecule has 0 spiro atoms. The molecule has 0 saturated carbocycles. The van der Waals surface area contributed by atoms with Gasteiger partial charge in [-0.2, -0.15) is 0 Å². The second-order valence-electron chi connectivity index (χ2n) is 6.09. The van der Waals surface area contributed by atoms with Crippen LogP contribution in [0, 0.1) is 6.92 Å². The van der Waals surface area contributed by atoms with Crippen molar-refractivity contribution in [2.45, 2.75) is 26.5 Å². The molecule has 2 amide bonds. The molecule has 26 heavy (non-hydrogen) atoms. The molecule has 8 nitrogen and oxygen atoms in total. The Morgan fingerprint density at radius 2 is 2.04 bits per heavy atom. The Balaban J connectivity index is 1.79. The van der Waals surface area contributed by atoms with E-state index in [4.69, 9.17) is 9.26 Å². The highest BCUT2D eigenvalue weighted by Crippen LogP contribution is 2.25. The predicted octanol–water partition coefficient (Wildman–Crippen LogP) is 1.36. The van der Waals surface area contributed by atoms with Crippen molar-refractivity contribution < 1.29 is 24.0 Å². The lowest BCUT2D eigenvalue weighted by atomic mass is 10.1. The Morgan fingerprint density at radius 1 is 1.35 bits per heavy atom. The maximum absolute atomic E-state index is 12.8. The van der Waals surface area contributed by atoms with Gasteiger partial charge in [-0.3, -0.25) is 9.59 Å². The van der Waals surface area contributed by atoms with Gasteiger partial charge < -0.3 is 24.2 Å². The summed E-state index contributed by atoms with van der Waals surface area (Å²) in [5.41, 5.74) is 1.16. The average Bonchev–Trinajstić information content (AvgIpc) is 3.04. The zero-order valence-corrected chi connectivity index (χ0v) is 14.9. The van der Waals surface area contributed by atoms with Crippen molar-refractivity contribution in [3.05, 3.63) is 41.3 Å². The summed E-state index contributed by atoms with van der Waals surface area (Å²) >= 11 is 0. The monoisotopic (exact) mass is 359 g/mol. The quantitative estimate of drug-likeness (QED) is 0.885. The summed E-state index contributed by atoms with van der Waals surface area (Å²) in [5.74, 6) is 0.509. The number of piperazine rings is 1. The Hall–Kier alpha value is -2.87. The van der Waals surface area contributed by atoms with E-state index in [2.05, 4.69) is 5.16 Å². The van der Waals surface area contributed by atoms with Crippen molar-refractivity contribution in [3.63, 3.8) is 0 Å². The number of aromatic nitrogens is 1. The summed E-state index contributed by atoms with van der Waals surface area (Å²) in [6.45, 7) is 3.69. The molecule has 0 bridgehead atoms. The summed E-state index contributed by atoms with van der Waals surface area (Å²) in [6.07, 6.45) is 0. The fourth-order valence-corrected chi connectivity index (χ4v) is 3.05. The summed E-state index contributed by atoms with van der Waals surface area (Å²) in [5, 5.41) is 13.2. The van der Waals surface area contributed by atoms with Gasteiger partial charge in [-0.05, 0) is 38.1 Å². The molecule has 138 valence electrons. The minimum Gasteiger partial charge on any atom is -0.497 e. The van der Waals surface area contributed by atoms with E-state index in [1.807, 2.05) is 12.1 Å². The summed E-state index contributed by atoms with van der Waals surface area (Å²) < 4.78 is 10.1. The number of aryl methyl sites for hydroxylation is 1. The number of carbonyl (C=O) groups excluding carboxylic acids is 2. The molecule has 1 N–H and O–H groups in total. The number of benzene rings is 1. The van der Waals surface area contributed by atoms with Gasteiger partial charge in [0, 0.05) is 18.8 Å². The van der Waals surface area contributed by atoms with Crippen molar-refractivity contribution in [1.82, 2.24) is 10.1 Å². The summed E-state index contributed by atoms with van der Waals surface area (Å²) in [4.78, 5) is 28.7. The van der Waals surface area contributed by atoms with Crippen molar-refractivity contribution in [3.8, 4) is 5.75 Å². The van der Waals surface area contributed by atoms with Crippen molar-refractivity contribution in [2.24, 2.45) is 0 Å². The maximum atomic E-state index is 12.8. The third kappa shape index (κ3) is 3.03. The fraction of sp³-hybridized carbons (Fsp3) is 0.389. The van der Waals surface area contributed by atoms with Crippen LogP contribution in [-0.2, 0) is 11.4 Å². The van der Waals surface area contributed by atoms with Crippen LogP contribution in [0.1, 0.15) is 28.7 Å². The number of hydrogen-bond donors (Lipinski definition) is 1. The molecule has 1 aromatic carbocycles. The highest BCUT2D eigenvalue weighted by atomic mass is 16.5. The molecule has 1 aliphatic rings. The lowest BCUT2D eigenvalue weighted by Gasteiger charge is -2.38. The van der Waals surface area contributed by atoms with E-state index in [0.717, 1.165) is 5.69 Å². The summed E-state index contributed by atoms with van der Waals surface area (Å²) in [7, 11) is 1.58. The molecule has 0 aliphatic carbocycles. The van der Waals surface area contributed by atoms with E-state index in [1.54, 1.807) is 38.0 Å². The SMILES string of the molecule is COc1ccc(N2CCN(C(=O)c3noc(C)c3CO)[C@H](C)C2=O)cc1. The molecule has 0 unspecified atom stereocenters. The minimum atomic E-state index is -0.651. The third-order valence-electron chi connectivity index (χ3n) is 4.65. The van der Waals surface area contributed by atoms with Gasteiger partial charge in [-0.15, -0.1) is 0 Å².